The number of ether oxygens (including phenoxy) is 1. The minimum Gasteiger partial charge on any atom is -0.497 e. The fraction of sp³-hybridized carbons (Fsp3) is 0.438. The zero-order valence-corrected chi connectivity index (χ0v) is 14.5. The van der Waals surface area contributed by atoms with Crippen LogP contribution >= 0.6 is 12.4 Å². The first-order chi connectivity index (χ1) is 11.2. The van der Waals surface area contributed by atoms with Gasteiger partial charge < -0.3 is 20.3 Å². The van der Waals surface area contributed by atoms with E-state index in [-0.39, 0.29) is 18.3 Å². The topological polar surface area (TPSA) is 103 Å². The molecule has 1 heterocycles. The highest BCUT2D eigenvalue weighted by molar-refractivity contribution is 5.85. The van der Waals surface area contributed by atoms with Crippen LogP contribution in [0.4, 0.5) is 0 Å². The largest absolute Gasteiger partial charge is 0.497 e. The Hall–Kier alpha value is -2.12. The zero-order chi connectivity index (χ0) is 16.5. The molecule has 0 unspecified atom stereocenters. The number of carbonyl (C=O) groups is 1. The van der Waals surface area contributed by atoms with Crippen molar-refractivity contribution in [1.82, 2.24) is 15.5 Å². The number of benzene rings is 1. The lowest BCUT2D eigenvalue weighted by Gasteiger charge is -2.02. The Bertz CT molecular complexity index is 616. The van der Waals surface area contributed by atoms with E-state index in [2.05, 4.69) is 15.5 Å². The van der Waals surface area contributed by atoms with Gasteiger partial charge in [0.2, 0.25) is 17.6 Å². The van der Waals surface area contributed by atoms with Crippen molar-refractivity contribution in [1.29, 1.82) is 0 Å². The molecule has 0 atom stereocenters. The molecular formula is C16H23ClN4O3. The second-order valence-corrected chi connectivity index (χ2v) is 5.09. The first-order valence-corrected chi connectivity index (χ1v) is 7.66. The van der Waals surface area contributed by atoms with Crippen molar-refractivity contribution in [2.45, 2.75) is 25.7 Å². The van der Waals surface area contributed by atoms with Gasteiger partial charge in [-0.2, -0.15) is 4.98 Å². The van der Waals surface area contributed by atoms with E-state index in [0.717, 1.165) is 24.2 Å². The van der Waals surface area contributed by atoms with Crippen LogP contribution in [0.3, 0.4) is 0 Å². The standard InChI is InChI=1S/C16H22N4O3.ClH/c1-22-13-6-4-12(5-7-13)16-19-15(23-20-16)9-8-14(21)18-11-3-2-10-17;/h4-7H,2-3,8-11,17H2,1H3,(H,18,21);1H. The molecule has 3 N–H and O–H groups in total. The lowest BCUT2D eigenvalue weighted by atomic mass is 10.2. The van der Waals surface area contributed by atoms with E-state index in [0.29, 0.717) is 37.6 Å². The van der Waals surface area contributed by atoms with Crippen molar-refractivity contribution in [3.63, 3.8) is 0 Å². The molecule has 0 aliphatic heterocycles. The SMILES string of the molecule is COc1ccc(-c2noc(CCC(=O)NCCCCN)n2)cc1.Cl. The van der Waals surface area contributed by atoms with E-state index in [1.807, 2.05) is 24.3 Å². The molecule has 8 heteroatoms. The molecule has 0 fully saturated rings. The van der Waals surface area contributed by atoms with E-state index < -0.39 is 0 Å². The Morgan fingerprint density at radius 1 is 1.29 bits per heavy atom. The molecule has 1 amide bonds. The number of hydrogen-bond acceptors (Lipinski definition) is 6. The van der Waals surface area contributed by atoms with Crippen LogP contribution in [0, 0.1) is 0 Å². The summed E-state index contributed by atoms with van der Waals surface area (Å²) in [6, 6.07) is 7.38. The molecule has 0 aliphatic rings. The molecule has 0 saturated carbocycles. The van der Waals surface area contributed by atoms with Gasteiger partial charge in [-0.05, 0) is 43.7 Å². The predicted molar refractivity (Wildman–Crippen MR) is 93.2 cm³/mol. The number of rotatable bonds is 9. The average Bonchev–Trinajstić information content (AvgIpc) is 3.06. The summed E-state index contributed by atoms with van der Waals surface area (Å²) < 4.78 is 10.3. The summed E-state index contributed by atoms with van der Waals surface area (Å²) in [5.74, 6) is 1.70. The minimum atomic E-state index is -0.0220. The molecule has 0 radical (unpaired) electrons. The molecule has 24 heavy (non-hydrogen) atoms. The van der Waals surface area contributed by atoms with Gasteiger partial charge >= 0.3 is 0 Å². The minimum absolute atomic E-state index is 0. The lowest BCUT2D eigenvalue weighted by Crippen LogP contribution is -2.25. The van der Waals surface area contributed by atoms with Gasteiger partial charge in [-0.25, -0.2) is 0 Å². The molecule has 7 nitrogen and oxygen atoms in total. The summed E-state index contributed by atoms with van der Waals surface area (Å²) >= 11 is 0. The summed E-state index contributed by atoms with van der Waals surface area (Å²) in [5.41, 5.74) is 6.24. The molecule has 2 aromatic rings. The molecule has 0 aliphatic carbocycles. The number of amides is 1. The maximum absolute atomic E-state index is 11.7. The molecule has 1 aromatic carbocycles. The third kappa shape index (κ3) is 6.17. The van der Waals surface area contributed by atoms with Crippen molar-refractivity contribution in [3.8, 4) is 17.1 Å². The summed E-state index contributed by atoms with van der Waals surface area (Å²) in [5, 5.41) is 6.77. The summed E-state index contributed by atoms with van der Waals surface area (Å²) in [6.45, 7) is 1.29. The zero-order valence-electron chi connectivity index (χ0n) is 13.7. The van der Waals surface area contributed by atoms with Gasteiger partial charge in [0.1, 0.15) is 5.75 Å². The van der Waals surface area contributed by atoms with E-state index in [1.54, 1.807) is 7.11 Å². The number of halogens is 1. The number of carbonyl (C=O) groups excluding carboxylic acids is 1. The van der Waals surface area contributed by atoms with Gasteiger partial charge in [-0.15, -0.1) is 12.4 Å². The van der Waals surface area contributed by atoms with Crippen LogP contribution in [0.5, 0.6) is 5.75 Å². The number of hydrogen-bond donors (Lipinski definition) is 2. The Morgan fingerprint density at radius 2 is 2.04 bits per heavy atom. The van der Waals surface area contributed by atoms with Crippen molar-refractivity contribution in [2.75, 3.05) is 20.2 Å². The van der Waals surface area contributed by atoms with Gasteiger partial charge in [0.25, 0.3) is 0 Å². The fourth-order valence-corrected chi connectivity index (χ4v) is 2.02. The normalized spacial score (nSPS) is 10.1. The molecule has 1 aromatic heterocycles. The first-order valence-electron chi connectivity index (χ1n) is 7.66. The Morgan fingerprint density at radius 3 is 2.71 bits per heavy atom. The Kier molecular flexibility index (Phi) is 8.81. The quantitative estimate of drug-likeness (QED) is 0.667. The molecule has 2 rings (SSSR count). The number of nitrogens with zero attached hydrogens (tertiary/aromatic N) is 2. The van der Waals surface area contributed by atoms with Crippen LogP contribution in [-0.2, 0) is 11.2 Å². The van der Waals surface area contributed by atoms with E-state index >= 15 is 0 Å². The van der Waals surface area contributed by atoms with Gasteiger partial charge in [0, 0.05) is 24.9 Å². The number of aryl methyl sites for hydroxylation is 1. The predicted octanol–water partition coefficient (Wildman–Crippen LogP) is 1.95. The summed E-state index contributed by atoms with van der Waals surface area (Å²) in [7, 11) is 1.61. The first kappa shape index (κ1) is 19.9. The monoisotopic (exact) mass is 354 g/mol. The van der Waals surface area contributed by atoms with Crippen LogP contribution in [0.25, 0.3) is 11.4 Å². The average molecular weight is 355 g/mol. The van der Waals surface area contributed by atoms with Crippen LogP contribution < -0.4 is 15.8 Å². The van der Waals surface area contributed by atoms with Gasteiger partial charge in [0.05, 0.1) is 7.11 Å². The Labute approximate surface area is 147 Å². The van der Waals surface area contributed by atoms with Crippen LogP contribution in [0.15, 0.2) is 28.8 Å². The Balaban J connectivity index is 0.00000288. The smallest absolute Gasteiger partial charge is 0.227 e. The maximum atomic E-state index is 11.7. The maximum Gasteiger partial charge on any atom is 0.227 e. The molecule has 0 saturated heterocycles. The highest BCUT2D eigenvalue weighted by Crippen LogP contribution is 2.19. The highest BCUT2D eigenvalue weighted by atomic mass is 35.5. The number of methoxy groups -OCH3 is 1. The summed E-state index contributed by atoms with van der Waals surface area (Å²) in [6.07, 6.45) is 2.55. The second-order valence-electron chi connectivity index (χ2n) is 5.09. The fourth-order valence-electron chi connectivity index (χ4n) is 2.02. The van der Waals surface area contributed by atoms with Crippen molar-refractivity contribution >= 4 is 18.3 Å². The third-order valence-corrected chi connectivity index (χ3v) is 3.34. The molecular weight excluding hydrogens is 332 g/mol. The highest BCUT2D eigenvalue weighted by Gasteiger charge is 2.10. The van der Waals surface area contributed by atoms with Crippen LogP contribution in [0.2, 0.25) is 0 Å². The van der Waals surface area contributed by atoms with Crippen molar-refractivity contribution in [2.24, 2.45) is 5.73 Å². The van der Waals surface area contributed by atoms with E-state index in [1.165, 1.54) is 0 Å². The number of nitrogens with two attached hydrogens (primary N) is 1. The van der Waals surface area contributed by atoms with E-state index in [9.17, 15) is 4.79 Å². The van der Waals surface area contributed by atoms with Crippen LogP contribution in [-0.4, -0.2) is 36.2 Å². The number of aromatic nitrogens is 2. The van der Waals surface area contributed by atoms with Crippen LogP contribution in [0.1, 0.15) is 25.2 Å². The van der Waals surface area contributed by atoms with Crippen molar-refractivity contribution in [3.05, 3.63) is 30.2 Å². The van der Waals surface area contributed by atoms with Gasteiger partial charge in [0.15, 0.2) is 0 Å². The van der Waals surface area contributed by atoms with E-state index in [4.69, 9.17) is 15.0 Å². The lowest BCUT2D eigenvalue weighted by molar-refractivity contribution is -0.121. The summed E-state index contributed by atoms with van der Waals surface area (Å²) in [4.78, 5) is 16.0. The van der Waals surface area contributed by atoms with Crippen molar-refractivity contribution < 1.29 is 14.1 Å². The second kappa shape index (κ2) is 10.6. The van der Waals surface area contributed by atoms with Gasteiger partial charge in [-0.1, -0.05) is 5.16 Å². The third-order valence-electron chi connectivity index (χ3n) is 3.34. The number of unbranched alkanes of at least 4 members (excludes halogenated alkanes) is 1. The number of nitrogens with one attached hydrogen (secondary N) is 1. The van der Waals surface area contributed by atoms with Gasteiger partial charge in [-0.3, -0.25) is 4.79 Å². The molecule has 0 spiro atoms. The molecule has 132 valence electrons. The molecule has 0 bridgehead atoms.